The Balaban J connectivity index is 1.62. The van der Waals surface area contributed by atoms with Crippen LogP contribution in [0.15, 0.2) is 54.7 Å². The van der Waals surface area contributed by atoms with E-state index in [1.165, 1.54) is 17.7 Å². The molecule has 0 aliphatic carbocycles. The van der Waals surface area contributed by atoms with Crippen molar-refractivity contribution < 1.29 is 4.39 Å². The average Bonchev–Trinajstić information content (AvgIpc) is 3.27. The number of nitrogens with one attached hydrogen (secondary N) is 2. The molecule has 0 bridgehead atoms. The maximum Gasteiger partial charge on any atom is 0.123 e. The number of rotatable bonds is 6. The summed E-state index contributed by atoms with van der Waals surface area (Å²) >= 11 is 0. The van der Waals surface area contributed by atoms with Gasteiger partial charge in [0.25, 0.3) is 0 Å². The molecule has 0 radical (unpaired) electrons. The van der Waals surface area contributed by atoms with E-state index in [2.05, 4.69) is 74.0 Å². The van der Waals surface area contributed by atoms with Crippen LogP contribution in [0.3, 0.4) is 0 Å². The van der Waals surface area contributed by atoms with Gasteiger partial charge in [-0.25, -0.2) is 9.07 Å². The van der Waals surface area contributed by atoms with Crippen LogP contribution in [0.4, 0.5) is 4.39 Å². The molecule has 0 saturated carbocycles. The first-order valence-corrected chi connectivity index (χ1v) is 10.5. The molecular weight excluding hydrogens is 377 g/mol. The lowest BCUT2D eigenvalue weighted by Gasteiger charge is -2.25. The highest BCUT2D eigenvalue weighted by Crippen LogP contribution is 2.26. The topological polar surface area (TPSA) is 45.1 Å². The van der Waals surface area contributed by atoms with Gasteiger partial charge in [-0.1, -0.05) is 17.7 Å². The lowest BCUT2D eigenvalue weighted by molar-refractivity contribution is 0.249. The van der Waals surface area contributed by atoms with Crippen molar-refractivity contribution in [3.8, 4) is 16.9 Å². The fourth-order valence-corrected chi connectivity index (χ4v) is 4.15. The Morgan fingerprint density at radius 1 is 1.00 bits per heavy atom. The zero-order valence-corrected chi connectivity index (χ0v) is 18.1. The average molecular weight is 408 g/mol. The second-order valence-electron chi connectivity index (χ2n) is 8.52. The zero-order chi connectivity index (χ0) is 21.3. The van der Waals surface area contributed by atoms with Gasteiger partial charge in [0.2, 0.25) is 0 Å². The number of nitrogens with zero attached hydrogens (tertiary/aromatic N) is 3. The largest absolute Gasteiger partial charge is 0.302 e. The second-order valence-corrected chi connectivity index (χ2v) is 8.52. The summed E-state index contributed by atoms with van der Waals surface area (Å²) in [5.74, 6) is 0.288. The molecule has 4 rings (SSSR count). The summed E-state index contributed by atoms with van der Waals surface area (Å²) in [5.41, 5.74) is 11.8. The molecule has 0 amide bonds. The van der Waals surface area contributed by atoms with Gasteiger partial charge in [-0.2, -0.15) is 5.10 Å². The molecule has 158 valence electrons. The summed E-state index contributed by atoms with van der Waals surface area (Å²) in [5, 5.41) is 4.87. The Morgan fingerprint density at radius 2 is 1.63 bits per heavy atom. The highest BCUT2D eigenvalue weighted by atomic mass is 19.1. The van der Waals surface area contributed by atoms with Gasteiger partial charge in [0.05, 0.1) is 11.4 Å². The van der Waals surface area contributed by atoms with E-state index in [0.29, 0.717) is 18.0 Å². The van der Waals surface area contributed by atoms with Gasteiger partial charge in [0.1, 0.15) is 5.82 Å². The number of hydrogen-bond donors (Lipinski definition) is 2. The third kappa shape index (κ3) is 4.46. The summed E-state index contributed by atoms with van der Waals surface area (Å²) in [4.78, 5) is 2.34. The molecule has 1 aromatic heterocycles. The molecule has 2 heterocycles. The zero-order valence-electron chi connectivity index (χ0n) is 18.1. The summed E-state index contributed by atoms with van der Waals surface area (Å²) in [7, 11) is 2.15. The van der Waals surface area contributed by atoms with Crippen LogP contribution in [0.1, 0.15) is 25.0 Å². The Morgan fingerprint density at radius 3 is 2.27 bits per heavy atom. The van der Waals surface area contributed by atoms with Crippen molar-refractivity contribution in [1.29, 1.82) is 0 Å². The number of aryl methyl sites for hydroxylation is 1. The SMILES string of the molecule is Cc1ccc(-n2cc(CN(C)CC3C(C)NNC3C)c(-c3ccc(F)cc3)n2)cc1. The third-order valence-electron chi connectivity index (χ3n) is 5.99. The first-order valence-electron chi connectivity index (χ1n) is 10.5. The molecule has 2 N–H and O–H groups in total. The molecule has 2 aromatic carbocycles. The Kier molecular flexibility index (Phi) is 5.99. The van der Waals surface area contributed by atoms with Gasteiger partial charge < -0.3 is 4.90 Å². The molecule has 1 aliphatic rings. The van der Waals surface area contributed by atoms with Crippen molar-refractivity contribution in [2.24, 2.45) is 5.92 Å². The van der Waals surface area contributed by atoms with E-state index in [1.54, 1.807) is 12.1 Å². The molecule has 1 saturated heterocycles. The van der Waals surface area contributed by atoms with Crippen LogP contribution in [0.5, 0.6) is 0 Å². The quantitative estimate of drug-likeness (QED) is 0.650. The lowest BCUT2D eigenvalue weighted by Crippen LogP contribution is -2.35. The maximum absolute atomic E-state index is 13.5. The van der Waals surface area contributed by atoms with Crippen LogP contribution in [0.2, 0.25) is 0 Å². The van der Waals surface area contributed by atoms with Gasteiger partial charge in [0.15, 0.2) is 0 Å². The number of halogens is 1. The van der Waals surface area contributed by atoms with Crippen LogP contribution < -0.4 is 10.9 Å². The lowest BCUT2D eigenvalue weighted by atomic mass is 9.96. The minimum atomic E-state index is -0.236. The fraction of sp³-hybridized carbons (Fsp3) is 0.375. The van der Waals surface area contributed by atoms with Gasteiger partial charge in [-0.05, 0) is 64.2 Å². The van der Waals surface area contributed by atoms with Crippen LogP contribution in [0, 0.1) is 18.7 Å². The minimum absolute atomic E-state index is 0.236. The van der Waals surface area contributed by atoms with Crippen molar-refractivity contribution in [1.82, 2.24) is 25.5 Å². The van der Waals surface area contributed by atoms with Gasteiger partial charge >= 0.3 is 0 Å². The molecule has 2 unspecified atom stereocenters. The third-order valence-corrected chi connectivity index (χ3v) is 5.99. The molecule has 6 heteroatoms. The number of hydrazine groups is 1. The van der Waals surface area contributed by atoms with Crippen LogP contribution >= 0.6 is 0 Å². The van der Waals surface area contributed by atoms with E-state index >= 15 is 0 Å². The molecular formula is C24H30FN5. The van der Waals surface area contributed by atoms with Crippen molar-refractivity contribution in [3.63, 3.8) is 0 Å². The van der Waals surface area contributed by atoms with E-state index in [9.17, 15) is 4.39 Å². The van der Waals surface area contributed by atoms with Crippen molar-refractivity contribution in [3.05, 3.63) is 71.7 Å². The first-order chi connectivity index (χ1) is 14.4. The minimum Gasteiger partial charge on any atom is -0.302 e. The predicted molar refractivity (Wildman–Crippen MR) is 119 cm³/mol. The summed E-state index contributed by atoms with van der Waals surface area (Å²) < 4.78 is 15.4. The monoisotopic (exact) mass is 407 g/mol. The number of benzene rings is 2. The van der Waals surface area contributed by atoms with E-state index in [1.807, 2.05) is 4.68 Å². The van der Waals surface area contributed by atoms with Crippen LogP contribution in [0.25, 0.3) is 16.9 Å². The van der Waals surface area contributed by atoms with Gasteiger partial charge in [-0.3, -0.25) is 10.9 Å². The molecule has 0 spiro atoms. The van der Waals surface area contributed by atoms with Crippen molar-refractivity contribution in [2.75, 3.05) is 13.6 Å². The molecule has 2 atom stereocenters. The summed E-state index contributed by atoms with van der Waals surface area (Å²) in [6.45, 7) is 8.25. The standard InChI is InChI=1S/C24H30FN5/c1-16-5-11-22(12-6-16)30-14-20(24(28-30)19-7-9-21(25)10-8-19)13-29(4)15-23-17(2)26-27-18(23)3/h5-12,14,17-18,23,26-27H,13,15H2,1-4H3. The van der Waals surface area contributed by atoms with E-state index in [0.717, 1.165) is 35.6 Å². The maximum atomic E-state index is 13.5. The summed E-state index contributed by atoms with van der Waals surface area (Å²) in [6, 6.07) is 15.8. The van der Waals surface area contributed by atoms with Gasteiger partial charge in [0, 0.05) is 48.4 Å². The highest BCUT2D eigenvalue weighted by Gasteiger charge is 2.30. The highest BCUT2D eigenvalue weighted by molar-refractivity contribution is 5.63. The molecule has 5 nitrogen and oxygen atoms in total. The Bertz CT molecular complexity index is 970. The molecule has 1 fully saturated rings. The van der Waals surface area contributed by atoms with Crippen molar-refractivity contribution in [2.45, 2.75) is 39.4 Å². The van der Waals surface area contributed by atoms with E-state index in [4.69, 9.17) is 5.10 Å². The Labute approximate surface area is 177 Å². The van der Waals surface area contributed by atoms with Gasteiger partial charge in [-0.15, -0.1) is 0 Å². The van der Waals surface area contributed by atoms with Crippen molar-refractivity contribution >= 4 is 0 Å². The smallest absolute Gasteiger partial charge is 0.123 e. The Hall–Kier alpha value is -2.54. The number of aromatic nitrogens is 2. The van der Waals surface area contributed by atoms with Crippen LogP contribution in [-0.4, -0.2) is 40.4 Å². The fourth-order valence-electron chi connectivity index (χ4n) is 4.15. The molecule has 1 aliphatic heterocycles. The first kappa shape index (κ1) is 20.7. The molecule has 30 heavy (non-hydrogen) atoms. The summed E-state index contributed by atoms with van der Waals surface area (Å²) in [6.07, 6.45) is 2.10. The van der Waals surface area contributed by atoms with E-state index in [-0.39, 0.29) is 5.82 Å². The van der Waals surface area contributed by atoms with E-state index < -0.39 is 0 Å². The number of hydrogen-bond acceptors (Lipinski definition) is 4. The predicted octanol–water partition coefficient (Wildman–Crippen LogP) is 3.92. The van der Waals surface area contributed by atoms with Crippen LogP contribution in [-0.2, 0) is 6.54 Å². The normalized spacial score (nSPS) is 21.5. The molecule has 3 aromatic rings. The second kappa shape index (κ2) is 8.68.